The first kappa shape index (κ1) is 17.9. The number of nitrogens with zero attached hydrogens (tertiary/aromatic N) is 2. The third-order valence-corrected chi connectivity index (χ3v) is 4.75. The largest absolute Gasteiger partial charge is 0.487 e. The van der Waals surface area contributed by atoms with Crippen molar-refractivity contribution in [3.05, 3.63) is 96.3 Å². The molecule has 0 saturated carbocycles. The maximum atomic E-state index is 13.9. The minimum Gasteiger partial charge on any atom is -0.487 e. The summed E-state index contributed by atoms with van der Waals surface area (Å²) in [7, 11) is 0. The van der Waals surface area contributed by atoms with Gasteiger partial charge < -0.3 is 19.4 Å². The number of halogens is 1. The topological polar surface area (TPSA) is 71.4 Å². The number of hydrogen-bond donors (Lipinski definition) is 2. The molecule has 5 aromatic rings. The number of anilines is 1. The quantitative estimate of drug-likeness (QED) is 0.446. The third kappa shape index (κ3) is 3.48. The maximum Gasteiger partial charge on any atom is 0.272 e. The van der Waals surface area contributed by atoms with E-state index in [-0.39, 0.29) is 17.4 Å². The van der Waals surface area contributed by atoms with E-state index in [0.29, 0.717) is 28.9 Å². The number of aromatic nitrogens is 3. The van der Waals surface area contributed by atoms with Crippen LogP contribution in [0.5, 0.6) is 5.75 Å². The summed E-state index contributed by atoms with van der Waals surface area (Å²) in [5.74, 6) is -0.124. The van der Waals surface area contributed by atoms with Crippen molar-refractivity contribution < 1.29 is 13.9 Å². The number of rotatable bonds is 5. The fraction of sp³-hybridized carbons (Fsp3) is 0.0435. The molecule has 3 heterocycles. The normalized spacial score (nSPS) is 11.1. The molecule has 0 atom stereocenters. The Balaban J connectivity index is 1.29. The summed E-state index contributed by atoms with van der Waals surface area (Å²) in [5.41, 5.74) is 3.09. The molecule has 0 saturated heterocycles. The number of imidazole rings is 1. The summed E-state index contributed by atoms with van der Waals surface area (Å²) >= 11 is 0. The number of amides is 1. The Morgan fingerprint density at radius 2 is 2.00 bits per heavy atom. The van der Waals surface area contributed by atoms with Gasteiger partial charge in [0.2, 0.25) is 0 Å². The highest BCUT2D eigenvalue weighted by molar-refractivity contribution is 6.06. The van der Waals surface area contributed by atoms with Crippen LogP contribution in [0.1, 0.15) is 16.2 Å². The number of nitrogens with one attached hydrogen (secondary N) is 2. The van der Waals surface area contributed by atoms with Crippen LogP contribution in [0.15, 0.2) is 79.1 Å². The van der Waals surface area contributed by atoms with Crippen molar-refractivity contribution >= 4 is 28.1 Å². The molecule has 0 spiro atoms. The molecule has 5 rings (SSSR count). The zero-order valence-electron chi connectivity index (χ0n) is 15.8. The Bertz CT molecular complexity index is 1340. The highest BCUT2D eigenvalue weighted by atomic mass is 19.1. The average Bonchev–Trinajstić information content (AvgIpc) is 3.37. The molecule has 0 unspecified atom stereocenters. The number of H-pyrrole nitrogens is 1. The number of hydrogen-bond acceptors (Lipinski definition) is 3. The van der Waals surface area contributed by atoms with Crippen LogP contribution in [-0.4, -0.2) is 20.3 Å². The number of carbonyl (C=O) groups is 1. The van der Waals surface area contributed by atoms with Crippen LogP contribution in [0.4, 0.5) is 10.1 Å². The summed E-state index contributed by atoms with van der Waals surface area (Å²) in [6.07, 6.45) is 3.84. The van der Waals surface area contributed by atoms with Gasteiger partial charge >= 0.3 is 0 Å². The van der Waals surface area contributed by atoms with Crippen LogP contribution in [-0.2, 0) is 6.61 Å². The van der Waals surface area contributed by atoms with Crippen LogP contribution in [0.2, 0.25) is 0 Å². The smallest absolute Gasteiger partial charge is 0.272 e. The Morgan fingerprint density at radius 1 is 1.10 bits per heavy atom. The Kier molecular flexibility index (Phi) is 4.40. The zero-order valence-corrected chi connectivity index (χ0v) is 15.8. The predicted octanol–water partition coefficient (Wildman–Crippen LogP) is 4.79. The number of carbonyl (C=O) groups excluding carboxylic acids is 1. The monoisotopic (exact) mass is 400 g/mol. The standard InChI is InChI=1S/C23H17FN4O2/c24-19-7-4-8-20-18(19)12-21(27-20)23(29)26-15-5-3-6-17(11-15)30-14-16-13-28-10-2-1-9-22(28)25-16/h1-13,27H,14H2,(H,26,29). The van der Waals surface area contributed by atoms with Crippen LogP contribution < -0.4 is 10.1 Å². The zero-order chi connectivity index (χ0) is 20.5. The molecule has 0 radical (unpaired) electrons. The molecular weight excluding hydrogens is 383 g/mol. The fourth-order valence-electron chi connectivity index (χ4n) is 3.32. The van der Waals surface area contributed by atoms with Crippen molar-refractivity contribution in [2.45, 2.75) is 6.61 Å². The lowest BCUT2D eigenvalue weighted by Gasteiger charge is -2.08. The molecule has 0 aliphatic heterocycles. The molecule has 148 valence electrons. The molecular formula is C23H17FN4O2. The van der Waals surface area contributed by atoms with Gasteiger partial charge in [-0.1, -0.05) is 18.2 Å². The Morgan fingerprint density at radius 3 is 2.87 bits per heavy atom. The van der Waals surface area contributed by atoms with Gasteiger partial charge in [0.15, 0.2) is 0 Å². The van der Waals surface area contributed by atoms with Crippen LogP contribution in [0.3, 0.4) is 0 Å². The summed E-state index contributed by atoms with van der Waals surface area (Å²) in [4.78, 5) is 20.0. The van der Waals surface area contributed by atoms with E-state index >= 15 is 0 Å². The van der Waals surface area contributed by atoms with Gasteiger partial charge in [0, 0.05) is 35.1 Å². The highest BCUT2D eigenvalue weighted by Gasteiger charge is 2.12. The predicted molar refractivity (Wildman–Crippen MR) is 112 cm³/mol. The van der Waals surface area contributed by atoms with Gasteiger partial charge in [-0.15, -0.1) is 0 Å². The van der Waals surface area contributed by atoms with Gasteiger partial charge in [-0.05, 0) is 42.5 Å². The number of aromatic amines is 1. The van der Waals surface area contributed by atoms with Crippen LogP contribution >= 0.6 is 0 Å². The van der Waals surface area contributed by atoms with Gasteiger partial charge in [-0.2, -0.15) is 0 Å². The lowest BCUT2D eigenvalue weighted by Crippen LogP contribution is -2.12. The number of benzene rings is 2. The molecule has 30 heavy (non-hydrogen) atoms. The number of pyridine rings is 1. The Hall–Kier alpha value is -4.13. The van der Waals surface area contributed by atoms with Gasteiger partial charge in [0.1, 0.15) is 29.5 Å². The van der Waals surface area contributed by atoms with Crippen molar-refractivity contribution in [3.8, 4) is 5.75 Å². The molecule has 1 amide bonds. The van der Waals surface area contributed by atoms with E-state index in [1.807, 2.05) is 41.1 Å². The molecule has 2 aromatic carbocycles. The second kappa shape index (κ2) is 7.36. The van der Waals surface area contributed by atoms with E-state index < -0.39 is 0 Å². The van der Waals surface area contributed by atoms with Crippen molar-refractivity contribution in [3.63, 3.8) is 0 Å². The van der Waals surface area contributed by atoms with Gasteiger partial charge in [0.25, 0.3) is 5.91 Å². The lowest BCUT2D eigenvalue weighted by molar-refractivity contribution is 0.102. The molecule has 0 fully saturated rings. The molecule has 3 aromatic heterocycles. The van der Waals surface area contributed by atoms with E-state index in [4.69, 9.17) is 4.74 Å². The minimum atomic E-state index is -0.370. The molecule has 0 aliphatic carbocycles. The average molecular weight is 400 g/mol. The fourth-order valence-corrected chi connectivity index (χ4v) is 3.32. The van der Waals surface area contributed by atoms with Crippen molar-refractivity contribution in [1.82, 2.24) is 14.4 Å². The minimum absolute atomic E-state index is 0.283. The van der Waals surface area contributed by atoms with Gasteiger partial charge in [0.05, 0.1) is 5.69 Å². The second-order valence-corrected chi connectivity index (χ2v) is 6.85. The van der Waals surface area contributed by atoms with Gasteiger partial charge in [-0.25, -0.2) is 9.37 Å². The summed E-state index contributed by atoms with van der Waals surface area (Å²) in [6, 6.07) is 19.1. The third-order valence-electron chi connectivity index (χ3n) is 4.75. The number of ether oxygens (including phenoxy) is 1. The molecule has 7 heteroatoms. The summed E-state index contributed by atoms with van der Waals surface area (Å²) in [5, 5.41) is 3.19. The van der Waals surface area contributed by atoms with Crippen LogP contribution in [0, 0.1) is 5.82 Å². The van der Waals surface area contributed by atoms with Crippen LogP contribution in [0.25, 0.3) is 16.6 Å². The SMILES string of the molecule is O=C(Nc1cccc(OCc2cn3ccccc3n2)c1)c1cc2c(F)cccc2[nH]1. The maximum absolute atomic E-state index is 13.9. The van der Waals surface area contributed by atoms with E-state index in [1.54, 1.807) is 30.3 Å². The van der Waals surface area contributed by atoms with E-state index in [1.165, 1.54) is 12.1 Å². The van der Waals surface area contributed by atoms with Gasteiger partial charge in [-0.3, -0.25) is 4.79 Å². The first-order valence-corrected chi connectivity index (χ1v) is 9.40. The Labute approximate surface area is 170 Å². The van der Waals surface area contributed by atoms with E-state index in [2.05, 4.69) is 15.3 Å². The molecule has 0 aliphatic rings. The molecule has 2 N–H and O–H groups in total. The summed E-state index contributed by atoms with van der Waals surface area (Å²) in [6.45, 7) is 0.306. The first-order valence-electron chi connectivity index (χ1n) is 9.40. The summed E-state index contributed by atoms with van der Waals surface area (Å²) < 4.78 is 21.6. The molecule has 0 bridgehead atoms. The molecule has 6 nitrogen and oxygen atoms in total. The van der Waals surface area contributed by atoms with Crippen molar-refractivity contribution in [2.75, 3.05) is 5.32 Å². The van der Waals surface area contributed by atoms with Crippen molar-refractivity contribution in [1.29, 1.82) is 0 Å². The lowest BCUT2D eigenvalue weighted by atomic mass is 10.2. The second-order valence-electron chi connectivity index (χ2n) is 6.85. The highest BCUT2D eigenvalue weighted by Crippen LogP contribution is 2.22. The van der Waals surface area contributed by atoms with E-state index in [0.717, 1.165) is 11.3 Å². The number of fused-ring (bicyclic) bond motifs is 2. The van der Waals surface area contributed by atoms with Crippen molar-refractivity contribution in [2.24, 2.45) is 0 Å². The van der Waals surface area contributed by atoms with E-state index in [9.17, 15) is 9.18 Å². The first-order chi connectivity index (χ1) is 14.7.